The zero-order chi connectivity index (χ0) is 20.1. The molecule has 6 aromatic rings. The van der Waals surface area contributed by atoms with Gasteiger partial charge in [-0.1, -0.05) is 96.5 Å². The summed E-state index contributed by atoms with van der Waals surface area (Å²) in [4.78, 5) is 0. The highest BCUT2D eigenvalue weighted by Crippen LogP contribution is 2.39. The summed E-state index contributed by atoms with van der Waals surface area (Å²) in [6.45, 7) is 0. The number of nitrogens with zero attached hydrogens (tertiary/aromatic N) is 1. The third-order valence-corrected chi connectivity index (χ3v) is 6.17. The summed E-state index contributed by atoms with van der Waals surface area (Å²) in [5.74, 6) is 0. The summed E-state index contributed by atoms with van der Waals surface area (Å²) in [6, 6.07) is 38.3. The predicted octanol–water partition coefficient (Wildman–Crippen LogP) is 8.26. The van der Waals surface area contributed by atoms with Gasteiger partial charge in [-0.15, -0.1) is 0 Å². The predicted molar refractivity (Wildman–Crippen MR) is 129 cm³/mol. The quantitative estimate of drug-likeness (QED) is 0.274. The largest absolute Gasteiger partial charge is 0.309 e. The molecule has 0 saturated heterocycles. The Morgan fingerprint density at radius 3 is 1.87 bits per heavy atom. The fraction of sp³-hybridized carbons (Fsp3) is 0. The van der Waals surface area contributed by atoms with Gasteiger partial charge in [-0.2, -0.15) is 0 Å². The molecule has 0 bridgehead atoms. The van der Waals surface area contributed by atoms with Crippen LogP contribution in [0.5, 0.6) is 0 Å². The van der Waals surface area contributed by atoms with Crippen molar-refractivity contribution in [3.63, 3.8) is 0 Å². The first-order chi connectivity index (χ1) is 14.8. The van der Waals surface area contributed by atoms with Crippen LogP contribution in [0.1, 0.15) is 0 Å². The number of para-hydroxylation sites is 1. The van der Waals surface area contributed by atoms with E-state index in [1.54, 1.807) is 0 Å². The van der Waals surface area contributed by atoms with Gasteiger partial charge in [0.05, 0.1) is 16.1 Å². The van der Waals surface area contributed by atoms with Crippen LogP contribution in [0.4, 0.5) is 0 Å². The molecule has 0 aliphatic carbocycles. The molecule has 0 saturated carbocycles. The Morgan fingerprint density at radius 2 is 1.10 bits per heavy atom. The van der Waals surface area contributed by atoms with Gasteiger partial charge in [0.15, 0.2) is 0 Å². The molecule has 0 amide bonds. The molecule has 0 N–H and O–H groups in total. The topological polar surface area (TPSA) is 4.93 Å². The molecule has 2 heteroatoms. The zero-order valence-corrected chi connectivity index (χ0v) is 17.0. The highest BCUT2D eigenvalue weighted by atomic mass is 35.5. The molecule has 5 aromatic carbocycles. The van der Waals surface area contributed by atoms with Crippen molar-refractivity contribution in [1.82, 2.24) is 4.57 Å². The molecule has 1 aromatic heterocycles. The summed E-state index contributed by atoms with van der Waals surface area (Å²) in [5, 5.41) is 5.55. The van der Waals surface area contributed by atoms with E-state index in [1.807, 2.05) is 12.1 Å². The van der Waals surface area contributed by atoms with Gasteiger partial charge in [0, 0.05) is 21.8 Å². The lowest BCUT2D eigenvalue weighted by Crippen LogP contribution is -1.94. The molecule has 142 valence electrons. The van der Waals surface area contributed by atoms with Crippen LogP contribution in [-0.4, -0.2) is 4.57 Å². The summed E-state index contributed by atoms with van der Waals surface area (Å²) in [7, 11) is 0. The zero-order valence-electron chi connectivity index (χ0n) is 16.2. The lowest BCUT2D eigenvalue weighted by atomic mass is 10.0. The Kier molecular flexibility index (Phi) is 3.90. The lowest BCUT2D eigenvalue weighted by molar-refractivity contribution is 1.18. The van der Waals surface area contributed by atoms with Crippen molar-refractivity contribution in [2.45, 2.75) is 0 Å². The van der Waals surface area contributed by atoms with E-state index in [0.717, 1.165) is 21.6 Å². The van der Waals surface area contributed by atoms with Crippen molar-refractivity contribution in [3.05, 3.63) is 114 Å². The molecular formula is C28H18ClN. The van der Waals surface area contributed by atoms with Crippen LogP contribution in [0.2, 0.25) is 5.02 Å². The van der Waals surface area contributed by atoms with Gasteiger partial charge in [-0.25, -0.2) is 0 Å². The van der Waals surface area contributed by atoms with Gasteiger partial charge in [0.1, 0.15) is 0 Å². The third-order valence-electron chi connectivity index (χ3n) is 5.86. The molecule has 1 nitrogen and oxygen atoms in total. The average Bonchev–Trinajstić information content (AvgIpc) is 3.14. The second-order valence-electron chi connectivity index (χ2n) is 7.56. The normalized spacial score (nSPS) is 11.5. The van der Waals surface area contributed by atoms with Crippen LogP contribution < -0.4 is 0 Å². The van der Waals surface area contributed by atoms with Crippen molar-refractivity contribution in [2.24, 2.45) is 0 Å². The van der Waals surface area contributed by atoms with E-state index < -0.39 is 0 Å². The average molecular weight is 404 g/mol. The van der Waals surface area contributed by atoms with Gasteiger partial charge < -0.3 is 4.57 Å². The molecule has 0 fully saturated rings. The number of hydrogen-bond acceptors (Lipinski definition) is 0. The number of aromatic nitrogens is 1. The van der Waals surface area contributed by atoms with Gasteiger partial charge in [0.2, 0.25) is 0 Å². The van der Waals surface area contributed by atoms with Gasteiger partial charge in [-0.3, -0.25) is 0 Å². The van der Waals surface area contributed by atoms with E-state index in [-0.39, 0.29) is 0 Å². The van der Waals surface area contributed by atoms with Gasteiger partial charge in [-0.05, 0) is 40.8 Å². The van der Waals surface area contributed by atoms with Crippen LogP contribution in [0, 0.1) is 0 Å². The second kappa shape index (κ2) is 6.76. The van der Waals surface area contributed by atoms with E-state index >= 15 is 0 Å². The number of benzene rings is 5. The molecule has 6 rings (SSSR count). The van der Waals surface area contributed by atoms with E-state index in [4.69, 9.17) is 11.6 Å². The summed E-state index contributed by atoms with van der Waals surface area (Å²) in [5.41, 5.74) is 5.89. The number of rotatable bonds is 2. The highest BCUT2D eigenvalue weighted by Gasteiger charge is 2.16. The third kappa shape index (κ3) is 2.56. The second-order valence-corrected chi connectivity index (χ2v) is 7.97. The van der Waals surface area contributed by atoms with Crippen molar-refractivity contribution >= 4 is 44.2 Å². The van der Waals surface area contributed by atoms with Crippen molar-refractivity contribution in [1.29, 1.82) is 0 Å². The maximum atomic E-state index is 6.71. The Labute approximate surface area is 179 Å². The van der Waals surface area contributed by atoms with Crippen LogP contribution in [0.25, 0.3) is 49.4 Å². The minimum absolute atomic E-state index is 0.781. The van der Waals surface area contributed by atoms with E-state index in [0.29, 0.717) is 0 Å². The fourth-order valence-electron chi connectivity index (χ4n) is 4.50. The summed E-state index contributed by atoms with van der Waals surface area (Å²) in [6.07, 6.45) is 0. The number of fused-ring (bicyclic) bond motifs is 5. The number of hydrogen-bond donors (Lipinski definition) is 0. The molecular weight excluding hydrogens is 386 g/mol. The van der Waals surface area contributed by atoms with E-state index in [2.05, 4.69) is 102 Å². The highest BCUT2D eigenvalue weighted by molar-refractivity contribution is 6.38. The lowest BCUT2D eigenvalue weighted by Gasteiger charge is -2.10. The van der Waals surface area contributed by atoms with E-state index in [9.17, 15) is 0 Å². The molecule has 1 heterocycles. The first kappa shape index (κ1) is 17.3. The molecule has 0 radical (unpaired) electrons. The van der Waals surface area contributed by atoms with E-state index in [1.165, 1.54) is 32.8 Å². The minimum atomic E-state index is 0.781. The molecule has 30 heavy (non-hydrogen) atoms. The Hall–Kier alpha value is -3.55. The Balaban J connectivity index is 1.66. The van der Waals surface area contributed by atoms with Crippen LogP contribution in [0.15, 0.2) is 109 Å². The number of halogens is 1. The molecule has 0 unspecified atom stereocenters. The monoisotopic (exact) mass is 403 g/mol. The Morgan fingerprint density at radius 1 is 0.500 bits per heavy atom. The van der Waals surface area contributed by atoms with Crippen molar-refractivity contribution in [3.8, 4) is 16.8 Å². The maximum absolute atomic E-state index is 6.71. The minimum Gasteiger partial charge on any atom is -0.309 e. The SMILES string of the molecule is Clc1cc2c(c3ccccc13)c1ccccc1n2-c1ccc(-c2ccccc2)cc1. The summed E-state index contributed by atoms with van der Waals surface area (Å²) < 4.78 is 2.32. The molecule has 0 spiro atoms. The van der Waals surface area contributed by atoms with Crippen LogP contribution in [0.3, 0.4) is 0 Å². The first-order valence-corrected chi connectivity index (χ1v) is 10.5. The fourth-order valence-corrected chi connectivity index (χ4v) is 4.77. The van der Waals surface area contributed by atoms with Crippen molar-refractivity contribution in [2.75, 3.05) is 0 Å². The standard InChI is InChI=1S/C28H18ClN/c29-25-18-27-28(23-11-5-4-10-22(23)25)24-12-6-7-13-26(24)30(27)21-16-14-20(15-17-21)19-8-2-1-3-9-19/h1-18H. The van der Waals surface area contributed by atoms with Crippen LogP contribution in [-0.2, 0) is 0 Å². The summed E-state index contributed by atoms with van der Waals surface area (Å²) >= 11 is 6.71. The van der Waals surface area contributed by atoms with Gasteiger partial charge in [0.25, 0.3) is 0 Å². The van der Waals surface area contributed by atoms with Crippen LogP contribution >= 0.6 is 11.6 Å². The molecule has 0 aliphatic heterocycles. The Bertz CT molecular complexity index is 1530. The smallest absolute Gasteiger partial charge is 0.0562 e. The molecule has 0 aliphatic rings. The first-order valence-electron chi connectivity index (χ1n) is 10.1. The van der Waals surface area contributed by atoms with Gasteiger partial charge >= 0.3 is 0 Å². The van der Waals surface area contributed by atoms with Crippen molar-refractivity contribution < 1.29 is 0 Å². The maximum Gasteiger partial charge on any atom is 0.0562 e. The molecule has 0 atom stereocenters.